The maximum absolute atomic E-state index is 12.6. The van der Waals surface area contributed by atoms with Gasteiger partial charge in [0.15, 0.2) is 12.7 Å². The lowest BCUT2D eigenvalue weighted by atomic mass is 10.1. The number of carbonyl (C=O) groups is 1. The maximum atomic E-state index is 12.6. The van der Waals surface area contributed by atoms with Gasteiger partial charge in [0.25, 0.3) is 5.91 Å². The van der Waals surface area contributed by atoms with Gasteiger partial charge < -0.3 is 14.8 Å². The monoisotopic (exact) mass is 393 g/mol. The minimum Gasteiger partial charge on any atom is -0.479 e. The Kier molecular flexibility index (Phi) is 6.82. The van der Waals surface area contributed by atoms with Crippen LogP contribution in [0.2, 0.25) is 0 Å². The molecule has 0 spiro atoms. The van der Waals surface area contributed by atoms with Gasteiger partial charge in [0.05, 0.1) is 17.4 Å². The second-order valence-corrected chi connectivity index (χ2v) is 6.17. The summed E-state index contributed by atoms with van der Waals surface area (Å²) in [4.78, 5) is 16.3. The van der Waals surface area contributed by atoms with Crippen molar-refractivity contribution in [3.8, 4) is 17.7 Å². The van der Waals surface area contributed by atoms with Crippen LogP contribution in [-0.4, -0.2) is 29.8 Å². The summed E-state index contributed by atoms with van der Waals surface area (Å²) in [7, 11) is 0. The Morgan fingerprint density at radius 3 is 2.54 bits per heavy atom. The topological polar surface area (TPSA) is 84.2 Å². The minimum atomic E-state index is -4.46. The molecule has 2 rings (SSSR count). The number of nitriles is 1. The summed E-state index contributed by atoms with van der Waals surface area (Å²) in [6, 6.07) is 11.1. The molecule has 28 heavy (non-hydrogen) atoms. The standard InChI is InChI=1S/C19H18F3N3O3/c1-12(2)17(28-15-6-4-3-5-13(15)9-23)18(26)25-14-7-8-16(24-10-14)27-11-19(20,21)22/h3-8,10,12,17H,11H2,1-2H3,(H,25,26). The van der Waals surface area contributed by atoms with Crippen LogP contribution in [-0.2, 0) is 4.79 Å². The van der Waals surface area contributed by atoms with Gasteiger partial charge in [-0.05, 0) is 24.1 Å². The van der Waals surface area contributed by atoms with Gasteiger partial charge in [-0.15, -0.1) is 0 Å². The average Bonchev–Trinajstić information content (AvgIpc) is 2.64. The second-order valence-electron chi connectivity index (χ2n) is 6.17. The van der Waals surface area contributed by atoms with E-state index in [0.717, 1.165) is 0 Å². The number of ether oxygens (including phenoxy) is 2. The first-order chi connectivity index (χ1) is 13.2. The first-order valence-electron chi connectivity index (χ1n) is 8.32. The van der Waals surface area contributed by atoms with E-state index in [4.69, 9.17) is 10.00 Å². The molecule has 6 nitrogen and oxygen atoms in total. The van der Waals surface area contributed by atoms with Crippen LogP contribution in [0.1, 0.15) is 19.4 Å². The molecular weight excluding hydrogens is 375 g/mol. The molecule has 0 aliphatic rings. The van der Waals surface area contributed by atoms with Crippen molar-refractivity contribution in [1.29, 1.82) is 5.26 Å². The molecule has 0 fully saturated rings. The van der Waals surface area contributed by atoms with Crippen molar-refractivity contribution in [2.75, 3.05) is 11.9 Å². The lowest BCUT2D eigenvalue weighted by Gasteiger charge is -2.22. The van der Waals surface area contributed by atoms with Gasteiger partial charge in [-0.2, -0.15) is 18.4 Å². The lowest BCUT2D eigenvalue weighted by molar-refractivity contribution is -0.154. The molecule has 1 amide bonds. The summed E-state index contributed by atoms with van der Waals surface area (Å²) in [6.07, 6.45) is -4.17. The number of amides is 1. The molecule has 0 aliphatic carbocycles. The molecule has 1 unspecified atom stereocenters. The van der Waals surface area contributed by atoms with Crippen LogP contribution in [0.5, 0.6) is 11.6 Å². The number of aromatic nitrogens is 1. The smallest absolute Gasteiger partial charge is 0.422 e. The van der Waals surface area contributed by atoms with Crippen LogP contribution in [0, 0.1) is 17.2 Å². The molecule has 1 aromatic carbocycles. The van der Waals surface area contributed by atoms with E-state index in [1.807, 2.05) is 6.07 Å². The Morgan fingerprint density at radius 1 is 1.25 bits per heavy atom. The Hall–Kier alpha value is -3.28. The fourth-order valence-corrected chi connectivity index (χ4v) is 2.20. The number of rotatable bonds is 7. The molecule has 2 aromatic rings. The third kappa shape index (κ3) is 6.16. The van der Waals surface area contributed by atoms with Crippen molar-refractivity contribution in [3.05, 3.63) is 48.2 Å². The lowest BCUT2D eigenvalue weighted by Crippen LogP contribution is -2.37. The zero-order valence-electron chi connectivity index (χ0n) is 15.2. The third-order valence-electron chi connectivity index (χ3n) is 3.51. The molecule has 0 radical (unpaired) electrons. The Balaban J connectivity index is 2.05. The van der Waals surface area contributed by atoms with Crippen LogP contribution in [0.25, 0.3) is 0 Å². The molecule has 1 heterocycles. The highest BCUT2D eigenvalue weighted by Crippen LogP contribution is 2.22. The first kappa shape index (κ1) is 21.0. The number of hydrogen-bond acceptors (Lipinski definition) is 5. The number of pyridine rings is 1. The van der Waals surface area contributed by atoms with E-state index in [0.29, 0.717) is 5.56 Å². The summed E-state index contributed by atoms with van der Waals surface area (Å²) in [5, 5.41) is 11.7. The summed E-state index contributed by atoms with van der Waals surface area (Å²) >= 11 is 0. The summed E-state index contributed by atoms with van der Waals surface area (Å²) in [5.74, 6) is -0.620. The Morgan fingerprint density at radius 2 is 1.96 bits per heavy atom. The number of alkyl halides is 3. The minimum absolute atomic E-state index is 0.213. The van der Waals surface area contributed by atoms with E-state index >= 15 is 0 Å². The quantitative estimate of drug-likeness (QED) is 0.770. The Labute approximate surface area is 159 Å². The van der Waals surface area contributed by atoms with E-state index < -0.39 is 24.8 Å². The number of para-hydroxylation sites is 1. The van der Waals surface area contributed by atoms with Gasteiger partial charge in [0.2, 0.25) is 5.88 Å². The van der Waals surface area contributed by atoms with E-state index in [9.17, 15) is 18.0 Å². The highest BCUT2D eigenvalue weighted by Gasteiger charge is 2.29. The largest absolute Gasteiger partial charge is 0.479 e. The predicted octanol–water partition coefficient (Wildman–Crippen LogP) is 3.94. The van der Waals surface area contributed by atoms with Gasteiger partial charge in [-0.25, -0.2) is 4.98 Å². The predicted molar refractivity (Wildman–Crippen MR) is 94.8 cm³/mol. The van der Waals surface area contributed by atoms with E-state index in [1.165, 1.54) is 18.3 Å². The van der Waals surface area contributed by atoms with Crippen LogP contribution in [0.15, 0.2) is 42.6 Å². The molecule has 1 aromatic heterocycles. The van der Waals surface area contributed by atoms with Crippen molar-refractivity contribution in [1.82, 2.24) is 4.98 Å². The van der Waals surface area contributed by atoms with E-state index in [1.54, 1.807) is 38.1 Å². The average molecular weight is 393 g/mol. The third-order valence-corrected chi connectivity index (χ3v) is 3.51. The number of benzene rings is 1. The van der Waals surface area contributed by atoms with Gasteiger partial charge >= 0.3 is 6.18 Å². The maximum Gasteiger partial charge on any atom is 0.422 e. The molecule has 1 N–H and O–H groups in total. The van der Waals surface area contributed by atoms with Crippen LogP contribution >= 0.6 is 0 Å². The normalized spacial score (nSPS) is 12.2. The molecular formula is C19H18F3N3O3. The number of hydrogen-bond donors (Lipinski definition) is 1. The SMILES string of the molecule is CC(C)C(Oc1ccccc1C#N)C(=O)Nc1ccc(OCC(F)(F)F)nc1. The number of halogens is 3. The molecule has 0 saturated heterocycles. The number of nitrogens with zero attached hydrogens (tertiary/aromatic N) is 2. The van der Waals surface area contributed by atoms with Crippen molar-refractivity contribution in [2.24, 2.45) is 5.92 Å². The van der Waals surface area contributed by atoms with Crippen LogP contribution < -0.4 is 14.8 Å². The zero-order chi connectivity index (χ0) is 20.7. The van der Waals surface area contributed by atoms with Gasteiger partial charge in [-0.1, -0.05) is 26.0 Å². The van der Waals surface area contributed by atoms with Gasteiger partial charge in [-0.3, -0.25) is 4.79 Å². The molecule has 9 heteroatoms. The first-order valence-corrected chi connectivity index (χ1v) is 8.32. The van der Waals surface area contributed by atoms with E-state index in [-0.39, 0.29) is 23.2 Å². The number of carbonyl (C=O) groups excluding carboxylic acids is 1. The van der Waals surface area contributed by atoms with Gasteiger partial charge in [0.1, 0.15) is 11.8 Å². The highest BCUT2D eigenvalue weighted by atomic mass is 19.4. The summed E-state index contributed by atoms with van der Waals surface area (Å²) < 4.78 is 46.7. The molecule has 0 saturated carbocycles. The van der Waals surface area contributed by atoms with Gasteiger partial charge in [0, 0.05) is 6.07 Å². The summed E-state index contributed by atoms with van der Waals surface area (Å²) in [6.45, 7) is 2.12. The highest BCUT2D eigenvalue weighted by molar-refractivity contribution is 5.94. The van der Waals surface area contributed by atoms with Crippen LogP contribution in [0.4, 0.5) is 18.9 Å². The number of anilines is 1. The van der Waals surface area contributed by atoms with Crippen molar-refractivity contribution >= 4 is 11.6 Å². The van der Waals surface area contributed by atoms with Crippen molar-refractivity contribution in [2.45, 2.75) is 26.1 Å². The van der Waals surface area contributed by atoms with E-state index in [2.05, 4.69) is 15.0 Å². The van der Waals surface area contributed by atoms with Crippen LogP contribution in [0.3, 0.4) is 0 Å². The van der Waals surface area contributed by atoms with Crippen molar-refractivity contribution in [3.63, 3.8) is 0 Å². The number of nitrogens with one attached hydrogen (secondary N) is 1. The second kappa shape index (κ2) is 9.08. The fraction of sp³-hybridized carbons (Fsp3) is 0.316. The molecule has 0 bridgehead atoms. The fourth-order valence-electron chi connectivity index (χ4n) is 2.20. The molecule has 1 atom stereocenters. The molecule has 0 aliphatic heterocycles. The zero-order valence-corrected chi connectivity index (χ0v) is 15.2. The Bertz CT molecular complexity index is 846. The molecule has 148 valence electrons. The van der Waals surface area contributed by atoms with Crippen molar-refractivity contribution < 1.29 is 27.4 Å². The summed E-state index contributed by atoms with van der Waals surface area (Å²) in [5.41, 5.74) is 0.570.